The van der Waals surface area contributed by atoms with Gasteiger partial charge in [-0.2, -0.15) is 0 Å². The van der Waals surface area contributed by atoms with Gasteiger partial charge in [0.05, 0.1) is 22.4 Å². The molecule has 0 heterocycles. The molecule has 0 aliphatic rings. The van der Waals surface area contributed by atoms with Crippen molar-refractivity contribution in [1.29, 1.82) is 0 Å². The SMILES string of the molecule is CC(O)COC(=O)c1ccc(Cl)c(N)c1. The molecule has 4 nitrogen and oxygen atoms in total. The van der Waals surface area contributed by atoms with Gasteiger partial charge in [0, 0.05) is 0 Å². The van der Waals surface area contributed by atoms with Crippen molar-refractivity contribution in [2.75, 3.05) is 12.3 Å². The van der Waals surface area contributed by atoms with Crippen LogP contribution in [0.25, 0.3) is 0 Å². The van der Waals surface area contributed by atoms with E-state index >= 15 is 0 Å². The number of nitrogen functional groups attached to an aromatic ring is 1. The van der Waals surface area contributed by atoms with E-state index in [0.29, 0.717) is 16.3 Å². The lowest BCUT2D eigenvalue weighted by atomic mass is 10.2. The van der Waals surface area contributed by atoms with Crippen molar-refractivity contribution in [2.45, 2.75) is 13.0 Å². The monoisotopic (exact) mass is 229 g/mol. The van der Waals surface area contributed by atoms with Crippen LogP contribution >= 0.6 is 11.6 Å². The van der Waals surface area contributed by atoms with Gasteiger partial charge in [-0.05, 0) is 25.1 Å². The van der Waals surface area contributed by atoms with Gasteiger partial charge in [-0.1, -0.05) is 11.6 Å². The molecule has 15 heavy (non-hydrogen) atoms. The van der Waals surface area contributed by atoms with Gasteiger partial charge in [0.1, 0.15) is 6.61 Å². The van der Waals surface area contributed by atoms with E-state index in [9.17, 15) is 4.79 Å². The molecule has 1 aromatic carbocycles. The van der Waals surface area contributed by atoms with E-state index in [0.717, 1.165) is 0 Å². The number of anilines is 1. The third-order valence-corrected chi connectivity index (χ3v) is 2.03. The Bertz CT molecular complexity index is 366. The van der Waals surface area contributed by atoms with Gasteiger partial charge in [0.25, 0.3) is 0 Å². The Morgan fingerprint density at radius 3 is 2.87 bits per heavy atom. The third kappa shape index (κ3) is 3.42. The van der Waals surface area contributed by atoms with E-state index in [1.165, 1.54) is 25.1 Å². The van der Waals surface area contributed by atoms with Gasteiger partial charge in [-0.25, -0.2) is 4.79 Å². The third-order valence-electron chi connectivity index (χ3n) is 1.69. The van der Waals surface area contributed by atoms with E-state index in [4.69, 9.17) is 27.2 Å². The molecular weight excluding hydrogens is 218 g/mol. The molecule has 0 aliphatic carbocycles. The molecule has 5 heteroatoms. The minimum Gasteiger partial charge on any atom is -0.459 e. The largest absolute Gasteiger partial charge is 0.459 e. The van der Waals surface area contributed by atoms with Crippen molar-refractivity contribution in [1.82, 2.24) is 0 Å². The van der Waals surface area contributed by atoms with Crippen LogP contribution in [0.5, 0.6) is 0 Å². The predicted octanol–water partition coefficient (Wildman–Crippen LogP) is 1.46. The number of carbonyl (C=O) groups excluding carboxylic acids is 1. The number of benzene rings is 1. The highest BCUT2D eigenvalue weighted by molar-refractivity contribution is 6.33. The fourth-order valence-electron chi connectivity index (χ4n) is 0.950. The first kappa shape index (κ1) is 11.8. The van der Waals surface area contributed by atoms with Crippen LogP contribution in [0.1, 0.15) is 17.3 Å². The second kappa shape index (κ2) is 5.00. The van der Waals surface area contributed by atoms with Crippen molar-refractivity contribution in [2.24, 2.45) is 0 Å². The molecule has 0 amide bonds. The molecule has 0 saturated heterocycles. The highest BCUT2D eigenvalue weighted by Crippen LogP contribution is 2.19. The Labute approximate surface area is 92.6 Å². The number of nitrogens with two attached hydrogens (primary N) is 1. The Kier molecular flexibility index (Phi) is 3.94. The number of hydrogen-bond acceptors (Lipinski definition) is 4. The van der Waals surface area contributed by atoms with Gasteiger partial charge in [0.2, 0.25) is 0 Å². The maximum atomic E-state index is 11.4. The molecule has 82 valence electrons. The molecule has 1 rings (SSSR count). The predicted molar refractivity (Wildman–Crippen MR) is 57.8 cm³/mol. The molecule has 1 atom stereocenters. The topological polar surface area (TPSA) is 72.5 Å². The Balaban J connectivity index is 2.70. The van der Waals surface area contributed by atoms with Crippen molar-refractivity contribution in [3.05, 3.63) is 28.8 Å². The van der Waals surface area contributed by atoms with Crippen LogP contribution < -0.4 is 5.73 Å². The second-order valence-corrected chi connectivity index (χ2v) is 3.59. The van der Waals surface area contributed by atoms with Gasteiger partial charge < -0.3 is 15.6 Å². The number of aliphatic hydroxyl groups is 1. The number of rotatable bonds is 3. The Morgan fingerprint density at radius 1 is 1.67 bits per heavy atom. The summed E-state index contributed by atoms with van der Waals surface area (Å²) in [5.41, 5.74) is 6.16. The molecule has 0 spiro atoms. The zero-order valence-electron chi connectivity index (χ0n) is 8.24. The molecule has 0 aliphatic heterocycles. The normalized spacial score (nSPS) is 12.2. The molecule has 0 fully saturated rings. The number of ether oxygens (including phenoxy) is 1. The van der Waals surface area contributed by atoms with Crippen LogP contribution in [0.3, 0.4) is 0 Å². The Morgan fingerprint density at radius 2 is 2.33 bits per heavy atom. The van der Waals surface area contributed by atoms with E-state index in [1.54, 1.807) is 0 Å². The average Bonchev–Trinajstić information content (AvgIpc) is 2.18. The first-order chi connectivity index (χ1) is 7.00. The fourth-order valence-corrected chi connectivity index (χ4v) is 1.07. The summed E-state index contributed by atoms with van der Waals surface area (Å²) in [6, 6.07) is 4.48. The van der Waals surface area contributed by atoms with Crippen molar-refractivity contribution >= 4 is 23.3 Å². The summed E-state index contributed by atoms with van der Waals surface area (Å²) in [5, 5.41) is 9.31. The Hall–Kier alpha value is -1.26. The lowest BCUT2D eigenvalue weighted by molar-refractivity contribution is 0.0296. The van der Waals surface area contributed by atoms with Crippen LogP contribution in [-0.4, -0.2) is 23.8 Å². The smallest absolute Gasteiger partial charge is 0.338 e. The molecule has 0 aromatic heterocycles. The van der Waals surface area contributed by atoms with E-state index in [2.05, 4.69) is 0 Å². The van der Waals surface area contributed by atoms with Crippen LogP contribution in [0, 0.1) is 0 Å². The first-order valence-corrected chi connectivity index (χ1v) is 4.78. The minimum atomic E-state index is -0.682. The fraction of sp³-hybridized carbons (Fsp3) is 0.300. The summed E-state index contributed by atoms with van der Waals surface area (Å²) in [7, 11) is 0. The van der Waals surface area contributed by atoms with Crippen LogP contribution in [0.15, 0.2) is 18.2 Å². The highest BCUT2D eigenvalue weighted by Gasteiger charge is 2.09. The van der Waals surface area contributed by atoms with Crippen molar-refractivity contribution in [3.8, 4) is 0 Å². The molecule has 0 bridgehead atoms. The zero-order chi connectivity index (χ0) is 11.4. The summed E-state index contributed by atoms with van der Waals surface area (Å²) >= 11 is 5.70. The quantitative estimate of drug-likeness (QED) is 0.608. The lowest BCUT2D eigenvalue weighted by Crippen LogP contribution is -2.15. The van der Waals surface area contributed by atoms with Crippen molar-refractivity contribution in [3.63, 3.8) is 0 Å². The maximum absolute atomic E-state index is 11.4. The molecule has 1 unspecified atom stereocenters. The van der Waals surface area contributed by atoms with Crippen LogP contribution in [0.2, 0.25) is 5.02 Å². The molecule has 3 N–H and O–H groups in total. The van der Waals surface area contributed by atoms with E-state index in [-0.39, 0.29) is 6.61 Å². The van der Waals surface area contributed by atoms with E-state index < -0.39 is 12.1 Å². The number of esters is 1. The summed E-state index contributed by atoms with van der Waals surface area (Å²) in [6.07, 6.45) is -0.682. The minimum absolute atomic E-state index is 0.0403. The van der Waals surface area contributed by atoms with Gasteiger partial charge in [-0.15, -0.1) is 0 Å². The molecule has 0 radical (unpaired) electrons. The average molecular weight is 230 g/mol. The zero-order valence-corrected chi connectivity index (χ0v) is 8.99. The number of halogens is 1. The summed E-state index contributed by atoms with van der Waals surface area (Å²) in [4.78, 5) is 11.4. The number of carbonyl (C=O) groups is 1. The van der Waals surface area contributed by atoms with Gasteiger partial charge >= 0.3 is 5.97 Å². The number of aliphatic hydroxyl groups excluding tert-OH is 1. The summed E-state index contributed by atoms with van der Waals surface area (Å²) in [5.74, 6) is -0.528. The summed E-state index contributed by atoms with van der Waals surface area (Å²) in [6.45, 7) is 1.49. The van der Waals surface area contributed by atoms with Crippen LogP contribution in [-0.2, 0) is 4.74 Å². The highest BCUT2D eigenvalue weighted by atomic mass is 35.5. The molecule has 1 aromatic rings. The van der Waals surface area contributed by atoms with Gasteiger partial charge in [-0.3, -0.25) is 0 Å². The van der Waals surface area contributed by atoms with Crippen molar-refractivity contribution < 1.29 is 14.6 Å². The maximum Gasteiger partial charge on any atom is 0.338 e. The standard InChI is InChI=1S/C10H12ClNO3/c1-6(13)5-15-10(14)7-2-3-8(11)9(12)4-7/h2-4,6,13H,5,12H2,1H3. The first-order valence-electron chi connectivity index (χ1n) is 4.41. The van der Waals surface area contributed by atoms with Gasteiger partial charge in [0.15, 0.2) is 0 Å². The molecule has 0 saturated carbocycles. The lowest BCUT2D eigenvalue weighted by Gasteiger charge is -2.07. The van der Waals surface area contributed by atoms with Crippen LogP contribution in [0.4, 0.5) is 5.69 Å². The summed E-state index contributed by atoms with van der Waals surface area (Å²) < 4.78 is 4.80. The molecular formula is C10H12ClNO3. The number of hydrogen-bond donors (Lipinski definition) is 2. The van der Waals surface area contributed by atoms with E-state index in [1.807, 2.05) is 0 Å². The second-order valence-electron chi connectivity index (χ2n) is 3.18.